The van der Waals surface area contributed by atoms with Gasteiger partial charge < -0.3 is 14.8 Å². The minimum atomic E-state index is -0.464. The fourth-order valence-electron chi connectivity index (χ4n) is 3.01. The number of pyridine rings is 1. The molecule has 23 heavy (non-hydrogen) atoms. The highest BCUT2D eigenvalue weighted by atomic mass is 16.2. The third-order valence-electron chi connectivity index (χ3n) is 4.91. The van der Waals surface area contributed by atoms with Gasteiger partial charge in [0.25, 0.3) is 5.56 Å². The molecule has 1 N–H and O–H groups in total. The zero-order valence-corrected chi connectivity index (χ0v) is 14.3. The molecule has 0 aromatic carbocycles. The van der Waals surface area contributed by atoms with Gasteiger partial charge in [0, 0.05) is 43.9 Å². The number of likely N-dealkylation sites (tertiary alicyclic amines) is 1. The standard InChI is InChI=1S/C17H25N3O3/c1-12-7-5-8-14(21)20(12)10-6-9-18-16(23)13-11-15(22)19(4)17(13,2)3/h5,7-8,13H,6,9-11H2,1-4H3,(H,18,23)/t13-/m0/s1. The Bertz CT molecular complexity index is 663. The molecule has 126 valence electrons. The maximum atomic E-state index is 12.3. The van der Waals surface area contributed by atoms with Gasteiger partial charge >= 0.3 is 0 Å². The van der Waals surface area contributed by atoms with Gasteiger partial charge in [-0.3, -0.25) is 14.4 Å². The number of hydrogen-bond donors (Lipinski definition) is 1. The van der Waals surface area contributed by atoms with Crippen molar-refractivity contribution in [1.29, 1.82) is 0 Å². The summed E-state index contributed by atoms with van der Waals surface area (Å²) < 4.78 is 1.70. The maximum Gasteiger partial charge on any atom is 0.250 e. The Morgan fingerprint density at radius 2 is 2.04 bits per heavy atom. The summed E-state index contributed by atoms with van der Waals surface area (Å²) >= 11 is 0. The summed E-state index contributed by atoms with van der Waals surface area (Å²) in [4.78, 5) is 37.6. The first kappa shape index (κ1) is 17.2. The SMILES string of the molecule is Cc1cccc(=O)n1CCCNC(=O)[C@@H]1CC(=O)N(C)C1(C)C. The number of rotatable bonds is 5. The molecule has 0 radical (unpaired) electrons. The first-order chi connectivity index (χ1) is 10.7. The van der Waals surface area contributed by atoms with Gasteiger partial charge in [-0.05, 0) is 33.3 Å². The molecular weight excluding hydrogens is 294 g/mol. The van der Waals surface area contributed by atoms with Gasteiger partial charge in [0.05, 0.1) is 5.92 Å². The zero-order chi connectivity index (χ0) is 17.2. The first-order valence-electron chi connectivity index (χ1n) is 7.96. The van der Waals surface area contributed by atoms with Crippen LogP contribution < -0.4 is 10.9 Å². The number of aromatic nitrogens is 1. The van der Waals surface area contributed by atoms with E-state index in [0.717, 1.165) is 5.69 Å². The summed E-state index contributed by atoms with van der Waals surface area (Å²) in [5, 5.41) is 2.90. The van der Waals surface area contributed by atoms with Crippen LogP contribution in [0.4, 0.5) is 0 Å². The predicted molar refractivity (Wildman–Crippen MR) is 88.0 cm³/mol. The van der Waals surface area contributed by atoms with Crippen LogP contribution in [0.5, 0.6) is 0 Å². The average Bonchev–Trinajstić information content (AvgIpc) is 2.69. The maximum absolute atomic E-state index is 12.3. The van der Waals surface area contributed by atoms with E-state index in [-0.39, 0.29) is 29.7 Å². The van der Waals surface area contributed by atoms with Crippen molar-refractivity contribution in [2.24, 2.45) is 5.92 Å². The number of carbonyl (C=O) groups excluding carboxylic acids is 2. The van der Waals surface area contributed by atoms with Crippen LogP contribution in [0, 0.1) is 12.8 Å². The molecule has 2 heterocycles. The third-order valence-corrected chi connectivity index (χ3v) is 4.91. The van der Waals surface area contributed by atoms with Crippen molar-refractivity contribution in [3.8, 4) is 0 Å². The normalized spacial score (nSPS) is 19.9. The third kappa shape index (κ3) is 3.46. The van der Waals surface area contributed by atoms with Gasteiger partial charge in [0.2, 0.25) is 11.8 Å². The minimum absolute atomic E-state index is 0.00149. The molecule has 0 bridgehead atoms. The Hall–Kier alpha value is -2.11. The lowest BCUT2D eigenvalue weighted by molar-refractivity contribution is -0.128. The Morgan fingerprint density at radius 1 is 1.35 bits per heavy atom. The molecule has 1 aromatic heterocycles. The van der Waals surface area contributed by atoms with E-state index in [1.807, 2.05) is 26.8 Å². The van der Waals surface area contributed by atoms with Crippen LogP contribution in [-0.4, -0.2) is 40.4 Å². The smallest absolute Gasteiger partial charge is 0.250 e. The lowest BCUT2D eigenvalue weighted by Gasteiger charge is -2.32. The average molecular weight is 319 g/mol. The van der Waals surface area contributed by atoms with E-state index in [9.17, 15) is 14.4 Å². The first-order valence-corrected chi connectivity index (χ1v) is 7.96. The van der Waals surface area contributed by atoms with Gasteiger partial charge in [-0.2, -0.15) is 0 Å². The predicted octanol–water partition coefficient (Wildman–Crippen LogP) is 0.920. The second-order valence-electron chi connectivity index (χ2n) is 6.66. The Labute approximate surface area is 136 Å². The largest absolute Gasteiger partial charge is 0.356 e. The number of nitrogens with one attached hydrogen (secondary N) is 1. The van der Waals surface area contributed by atoms with Crippen LogP contribution in [0.15, 0.2) is 23.0 Å². The second-order valence-corrected chi connectivity index (χ2v) is 6.66. The fourth-order valence-corrected chi connectivity index (χ4v) is 3.01. The van der Waals surface area contributed by atoms with Crippen LogP contribution in [0.3, 0.4) is 0 Å². The van der Waals surface area contributed by atoms with Gasteiger partial charge in [0.1, 0.15) is 0 Å². The lowest BCUT2D eigenvalue weighted by atomic mass is 9.88. The summed E-state index contributed by atoms with van der Waals surface area (Å²) in [5.41, 5.74) is 0.419. The molecule has 0 aliphatic carbocycles. The molecule has 6 nitrogen and oxygen atoms in total. The summed E-state index contributed by atoms with van der Waals surface area (Å²) in [7, 11) is 1.74. The van der Waals surface area contributed by atoms with E-state index in [4.69, 9.17) is 0 Å². The minimum Gasteiger partial charge on any atom is -0.356 e. The van der Waals surface area contributed by atoms with Crippen molar-refractivity contribution in [1.82, 2.24) is 14.8 Å². The monoisotopic (exact) mass is 319 g/mol. The van der Waals surface area contributed by atoms with Crippen LogP contribution in [0.2, 0.25) is 0 Å². The highest BCUT2D eigenvalue weighted by molar-refractivity contribution is 5.90. The van der Waals surface area contributed by atoms with E-state index < -0.39 is 5.54 Å². The Balaban J connectivity index is 1.86. The van der Waals surface area contributed by atoms with Gasteiger partial charge in [-0.1, -0.05) is 6.07 Å². The van der Waals surface area contributed by atoms with Crippen molar-refractivity contribution in [2.45, 2.75) is 45.7 Å². The van der Waals surface area contributed by atoms with Crippen molar-refractivity contribution in [2.75, 3.05) is 13.6 Å². The molecule has 2 rings (SSSR count). The van der Waals surface area contributed by atoms with Crippen LogP contribution in [0.25, 0.3) is 0 Å². The molecule has 0 spiro atoms. The van der Waals surface area contributed by atoms with E-state index in [1.165, 1.54) is 6.07 Å². The number of amides is 2. The molecule has 1 aliphatic rings. The van der Waals surface area contributed by atoms with Crippen molar-refractivity contribution in [3.05, 3.63) is 34.2 Å². The topological polar surface area (TPSA) is 71.4 Å². The molecule has 1 aliphatic heterocycles. The van der Waals surface area contributed by atoms with E-state index in [2.05, 4.69) is 5.32 Å². The van der Waals surface area contributed by atoms with Crippen LogP contribution in [0.1, 0.15) is 32.4 Å². The molecule has 1 saturated heterocycles. The van der Waals surface area contributed by atoms with E-state index in [0.29, 0.717) is 19.5 Å². The molecule has 6 heteroatoms. The molecule has 1 aromatic rings. The zero-order valence-electron chi connectivity index (χ0n) is 14.3. The van der Waals surface area contributed by atoms with Crippen molar-refractivity contribution < 1.29 is 9.59 Å². The van der Waals surface area contributed by atoms with Crippen molar-refractivity contribution >= 4 is 11.8 Å². The highest BCUT2D eigenvalue weighted by Gasteiger charge is 2.47. The quantitative estimate of drug-likeness (QED) is 0.820. The molecular formula is C17H25N3O3. The van der Waals surface area contributed by atoms with Gasteiger partial charge in [0.15, 0.2) is 0 Å². The number of hydrogen-bond acceptors (Lipinski definition) is 3. The van der Waals surface area contributed by atoms with Crippen molar-refractivity contribution in [3.63, 3.8) is 0 Å². The number of nitrogens with zero attached hydrogens (tertiary/aromatic N) is 2. The lowest BCUT2D eigenvalue weighted by Crippen LogP contribution is -2.47. The Kier molecular flexibility index (Phi) is 4.92. The molecule has 1 atom stereocenters. The number of carbonyl (C=O) groups is 2. The van der Waals surface area contributed by atoms with Gasteiger partial charge in [-0.15, -0.1) is 0 Å². The summed E-state index contributed by atoms with van der Waals surface area (Å²) in [6, 6.07) is 5.17. The summed E-state index contributed by atoms with van der Waals surface area (Å²) in [6.07, 6.45) is 0.931. The molecule has 0 unspecified atom stereocenters. The summed E-state index contributed by atoms with van der Waals surface area (Å²) in [6.45, 7) is 6.77. The van der Waals surface area contributed by atoms with Crippen LogP contribution in [-0.2, 0) is 16.1 Å². The fraction of sp³-hybridized carbons (Fsp3) is 0.588. The molecule has 2 amide bonds. The van der Waals surface area contributed by atoms with E-state index >= 15 is 0 Å². The molecule has 1 fully saturated rings. The van der Waals surface area contributed by atoms with Gasteiger partial charge in [-0.25, -0.2) is 0 Å². The Morgan fingerprint density at radius 3 is 2.61 bits per heavy atom. The van der Waals surface area contributed by atoms with E-state index in [1.54, 1.807) is 22.6 Å². The molecule has 0 saturated carbocycles. The number of aryl methyl sites for hydroxylation is 1. The van der Waals surface area contributed by atoms with Crippen LogP contribution >= 0.6 is 0 Å². The second kappa shape index (κ2) is 6.56. The summed E-state index contributed by atoms with van der Waals surface area (Å²) in [5.74, 6) is -0.423. The highest BCUT2D eigenvalue weighted by Crippen LogP contribution is 2.34.